The first-order valence-electron chi connectivity index (χ1n) is 9.98. The van der Waals surface area contributed by atoms with Crippen molar-refractivity contribution in [3.8, 4) is 5.75 Å². The van der Waals surface area contributed by atoms with E-state index in [0.717, 1.165) is 26.5 Å². The standard InChI is InChI=1S/C22H27N3O4S2/c1-14(2)11-20(22(26)23-13-16-5-7-17(29-4)8-6-16)25-31(27,28)18-9-10-19-21(12-18)30-15(3)24-19/h5-10,12,14,20,25H,11,13H2,1-4H3,(H,23,26). The lowest BCUT2D eigenvalue weighted by Gasteiger charge is -2.20. The minimum Gasteiger partial charge on any atom is -0.497 e. The summed E-state index contributed by atoms with van der Waals surface area (Å²) in [5.41, 5.74) is 1.66. The Labute approximate surface area is 186 Å². The van der Waals surface area contributed by atoms with E-state index in [2.05, 4.69) is 15.0 Å². The SMILES string of the molecule is COc1ccc(CNC(=O)C(CC(C)C)NS(=O)(=O)c2ccc3nc(C)sc3c2)cc1. The van der Waals surface area contributed by atoms with E-state index in [4.69, 9.17) is 4.74 Å². The van der Waals surface area contributed by atoms with Gasteiger partial charge in [-0.3, -0.25) is 4.79 Å². The lowest BCUT2D eigenvalue weighted by Crippen LogP contribution is -2.47. The Morgan fingerprint density at radius 3 is 2.52 bits per heavy atom. The van der Waals surface area contributed by atoms with Crippen molar-refractivity contribution in [3.63, 3.8) is 0 Å². The molecule has 0 aliphatic rings. The number of carbonyl (C=O) groups excluding carboxylic acids is 1. The highest BCUT2D eigenvalue weighted by molar-refractivity contribution is 7.89. The number of aromatic nitrogens is 1. The molecule has 3 aromatic rings. The summed E-state index contributed by atoms with van der Waals surface area (Å²) in [5.74, 6) is 0.502. The highest BCUT2D eigenvalue weighted by atomic mass is 32.2. The molecule has 1 aromatic heterocycles. The largest absolute Gasteiger partial charge is 0.497 e. The molecule has 0 saturated carbocycles. The molecule has 0 saturated heterocycles. The third-order valence-corrected chi connectivity index (χ3v) is 7.13. The highest BCUT2D eigenvalue weighted by Crippen LogP contribution is 2.25. The number of sulfonamides is 1. The van der Waals surface area contributed by atoms with Crippen LogP contribution in [0.5, 0.6) is 5.75 Å². The Bertz CT molecular complexity index is 1160. The first kappa shape index (κ1) is 23.2. The van der Waals surface area contributed by atoms with Gasteiger partial charge in [-0.2, -0.15) is 4.72 Å². The van der Waals surface area contributed by atoms with Gasteiger partial charge in [-0.1, -0.05) is 26.0 Å². The van der Waals surface area contributed by atoms with E-state index in [-0.39, 0.29) is 16.7 Å². The molecule has 0 aliphatic heterocycles. The molecule has 7 nitrogen and oxygen atoms in total. The zero-order valence-electron chi connectivity index (χ0n) is 18.0. The maximum atomic E-state index is 13.0. The van der Waals surface area contributed by atoms with E-state index in [1.165, 1.54) is 17.4 Å². The van der Waals surface area contributed by atoms with Crippen LogP contribution in [0.2, 0.25) is 0 Å². The summed E-state index contributed by atoms with van der Waals surface area (Å²) in [5, 5.41) is 3.70. The maximum absolute atomic E-state index is 13.0. The molecule has 0 fully saturated rings. The number of aryl methyl sites for hydroxylation is 1. The third-order valence-electron chi connectivity index (χ3n) is 4.72. The van der Waals surface area contributed by atoms with Crippen molar-refractivity contribution in [1.82, 2.24) is 15.0 Å². The summed E-state index contributed by atoms with van der Waals surface area (Å²) in [6, 6.07) is 11.3. The molecule has 3 rings (SSSR count). The Balaban J connectivity index is 1.74. The Hall–Kier alpha value is -2.49. The van der Waals surface area contributed by atoms with E-state index in [1.54, 1.807) is 19.2 Å². The molecule has 0 spiro atoms. The average Bonchev–Trinajstić information content (AvgIpc) is 3.10. The number of ether oxygens (including phenoxy) is 1. The number of hydrogen-bond donors (Lipinski definition) is 2. The van der Waals surface area contributed by atoms with Gasteiger partial charge in [0.15, 0.2) is 0 Å². The number of rotatable bonds is 9. The molecule has 0 bridgehead atoms. The van der Waals surface area contributed by atoms with Crippen LogP contribution in [0.15, 0.2) is 47.4 Å². The lowest BCUT2D eigenvalue weighted by atomic mass is 10.0. The number of hydrogen-bond acceptors (Lipinski definition) is 6. The minimum absolute atomic E-state index is 0.125. The van der Waals surface area contributed by atoms with Crippen LogP contribution >= 0.6 is 11.3 Å². The van der Waals surface area contributed by atoms with Gasteiger partial charge >= 0.3 is 0 Å². The quantitative estimate of drug-likeness (QED) is 0.507. The first-order chi connectivity index (χ1) is 14.7. The molecule has 0 radical (unpaired) electrons. The summed E-state index contributed by atoms with van der Waals surface area (Å²) in [7, 11) is -2.28. The average molecular weight is 462 g/mol. The van der Waals surface area contributed by atoms with Crippen molar-refractivity contribution >= 4 is 37.5 Å². The Kier molecular flexibility index (Phi) is 7.30. The van der Waals surface area contributed by atoms with Crippen LogP contribution in [0.3, 0.4) is 0 Å². The van der Waals surface area contributed by atoms with Crippen LogP contribution < -0.4 is 14.8 Å². The molecule has 31 heavy (non-hydrogen) atoms. The molecule has 166 valence electrons. The van der Waals surface area contributed by atoms with Gasteiger partial charge in [-0.25, -0.2) is 13.4 Å². The Morgan fingerprint density at radius 1 is 1.16 bits per heavy atom. The Morgan fingerprint density at radius 2 is 1.87 bits per heavy atom. The van der Waals surface area contributed by atoms with E-state index in [9.17, 15) is 13.2 Å². The molecule has 2 N–H and O–H groups in total. The highest BCUT2D eigenvalue weighted by Gasteiger charge is 2.26. The van der Waals surface area contributed by atoms with Gasteiger partial charge in [-0.05, 0) is 55.2 Å². The van der Waals surface area contributed by atoms with Crippen LogP contribution in [0.1, 0.15) is 30.8 Å². The van der Waals surface area contributed by atoms with Gasteiger partial charge in [0.25, 0.3) is 0 Å². The number of benzene rings is 2. The summed E-state index contributed by atoms with van der Waals surface area (Å²) < 4.78 is 34.5. The van der Waals surface area contributed by atoms with Crippen molar-refractivity contribution in [3.05, 3.63) is 53.0 Å². The van der Waals surface area contributed by atoms with Gasteiger partial charge in [0, 0.05) is 6.54 Å². The summed E-state index contributed by atoms with van der Waals surface area (Å²) in [6.45, 7) is 6.07. The summed E-state index contributed by atoms with van der Waals surface area (Å²) >= 11 is 1.44. The van der Waals surface area contributed by atoms with Gasteiger partial charge in [0.05, 0.1) is 27.2 Å². The van der Waals surface area contributed by atoms with Gasteiger partial charge in [-0.15, -0.1) is 11.3 Å². The van der Waals surface area contributed by atoms with Crippen LogP contribution in [-0.4, -0.2) is 32.5 Å². The number of amides is 1. The van der Waals surface area contributed by atoms with E-state index >= 15 is 0 Å². The van der Waals surface area contributed by atoms with Crippen LogP contribution in [0.25, 0.3) is 10.2 Å². The molecular weight excluding hydrogens is 434 g/mol. The number of methoxy groups -OCH3 is 1. The first-order valence-corrected chi connectivity index (χ1v) is 12.3. The summed E-state index contributed by atoms with van der Waals surface area (Å²) in [4.78, 5) is 17.3. The molecule has 0 aliphatic carbocycles. The van der Waals surface area contributed by atoms with Gasteiger partial charge < -0.3 is 10.1 Å². The second-order valence-corrected chi connectivity index (χ2v) is 10.7. The molecule has 1 unspecified atom stereocenters. The minimum atomic E-state index is -3.87. The normalized spacial score (nSPS) is 12.8. The second kappa shape index (κ2) is 9.76. The van der Waals surface area contributed by atoms with E-state index in [0.29, 0.717) is 13.0 Å². The molecule has 1 heterocycles. The monoisotopic (exact) mass is 461 g/mol. The molecule has 2 aromatic carbocycles. The second-order valence-electron chi connectivity index (χ2n) is 7.73. The van der Waals surface area contributed by atoms with Gasteiger partial charge in [0.2, 0.25) is 15.9 Å². The van der Waals surface area contributed by atoms with Crippen LogP contribution in [0, 0.1) is 12.8 Å². The molecule has 9 heteroatoms. The van der Waals surface area contributed by atoms with Crippen molar-refractivity contribution in [1.29, 1.82) is 0 Å². The van der Waals surface area contributed by atoms with E-state index in [1.807, 2.05) is 45.0 Å². The fourth-order valence-electron chi connectivity index (χ4n) is 3.18. The third kappa shape index (κ3) is 6.03. The lowest BCUT2D eigenvalue weighted by molar-refractivity contribution is -0.123. The molecule has 1 amide bonds. The number of thiazole rings is 1. The zero-order chi connectivity index (χ0) is 22.6. The molecular formula is C22H27N3O4S2. The van der Waals surface area contributed by atoms with Crippen molar-refractivity contribution in [2.24, 2.45) is 5.92 Å². The predicted molar refractivity (Wildman–Crippen MR) is 123 cm³/mol. The van der Waals surface area contributed by atoms with Crippen LogP contribution in [-0.2, 0) is 21.4 Å². The van der Waals surface area contributed by atoms with Crippen molar-refractivity contribution in [2.75, 3.05) is 7.11 Å². The smallest absolute Gasteiger partial charge is 0.241 e. The van der Waals surface area contributed by atoms with Gasteiger partial charge in [0.1, 0.15) is 11.8 Å². The molecule has 1 atom stereocenters. The number of nitrogens with zero attached hydrogens (tertiary/aromatic N) is 1. The topological polar surface area (TPSA) is 97.4 Å². The van der Waals surface area contributed by atoms with Crippen molar-refractivity contribution < 1.29 is 17.9 Å². The van der Waals surface area contributed by atoms with Crippen LogP contribution in [0.4, 0.5) is 0 Å². The van der Waals surface area contributed by atoms with E-state index < -0.39 is 16.1 Å². The van der Waals surface area contributed by atoms with Crippen molar-refractivity contribution in [2.45, 2.75) is 44.7 Å². The number of fused-ring (bicyclic) bond motifs is 1. The fourth-order valence-corrected chi connectivity index (χ4v) is 5.35. The summed E-state index contributed by atoms with van der Waals surface area (Å²) in [6.07, 6.45) is 0.385. The number of carbonyl (C=O) groups is 1. The predicted octanol–water partition coefficient (Wildman–Crippen LogP) is 3.62. The zero-order valence-corrected chi connectivity index (χ0v) is 19.6. The number of nitrogens with one attached hydrogen (secondary N) is 2. The maximum Gasteiger partial charge on any atom is 0.241 e. The fraction of sp³-hybridized carbons (Fsp3) is 0.364.